The van der Waals surface area contributed by atoms with Crippen LogP contribution in [0.5, 0.6) is 11.5 Å². The molecule has 2 aromatic rings. The number of carboxylic acids is 1. The molecule has 25 heavy (non-hydrogen) atoms. The van der Waals surface area contributed by atoms with Gasteiger partial charge >= 0.3 is 5.97 Å². The van der Waals surface area contributed by atoms with Crippen LogP contribution in [0.2, 0.25) is 0 Å². The maximum absolute atomic E-state index is 12.4. The summed E-state index contributed by atoms with van der Waals surface area (Å²) in [6, 6.07) is 12.0. The molecule has 1 heterocycles. The SMILES string of the molecule is COc1ccc2c(c1)CC(C(=O)NCc1ccc(C(=O)O)cc1)CO2. The number of fused-ring (bicyclic) bond motifs is 1. The minimum absolute atomic E-state index is 0.0872. The molecule has 0 bridgehead atoms. The number of carboxylic acid groups (broad SMARTS) is 1. The van der Waals surface area contributed by atoms with Crippen LogP contribution < -0.4 is 14.8 Å². The van der Waals surface area contributed by atoms with Crippen molar-refractivity contribution in [2.45, 2.75) is 13.0 Å². The first-order valence-electron chi connectivity index (χ1n) is 7.96. The van der Waals surface area contributed by atoms with E-state index in [0.29, 0.717) is 19.6 Å². The lowest BCUT2D eigenvalue weighted by Gasteiger charge is -2.25. The molecule has 0 aliphatic carbocycles. The summed E-state index contributed by atoms with van der Waals surface area (Å²) in [7, 11) is 1.60. The molecule has 3 rings (SSSR count). The number of amides is 1. The number of hydrogen-bond acceptors (Lipinski definition) is 4. The number of nitrogens with one attached hydrogen (secondary N) is 1. The summed E-state index contributed by atoms with van der Waals surface area (Å²) in [5.41, 5.74) is 2.02. The minimum Gasteiger partial charge on any atom is -0.497 e. The van der Waals surface area contributed by atoms with Gasteiger partial charge < -0.3 is 19.9 Å². The van der Waals surface area contributed by atoms with Crippen molar-refractivity contribution in [1.29, 1.82) is 0 Å². The van der Waals surface area contributed by atoms with E-state index in [-0.39, 0.29) is 17.4 Å². The van der Waals surface area contributed by atoms with E-state index in [1.54, 1.807) is 19.2 Å². The number of benzene rings is 2. The standard InChI is InChI=1S/C19H19NO5/c1-24-16-6-7-17-14(9-16)8-15(11-25-17)18(21)20-10-12-2-4-13(5-3-12)19(22)23/h2-7,9,15H,8,10-11H2,1H3,(H,20,21)(H,22,23). The van der Waals surface area contributed by atoms with E-state index in [1.807, 2.05) is 18.2 Å². The Morgan fingerprint density at radius 1 is 1.24 bits per heavy atom. The molecule has 2 aromatic carbocycles. The van der Waals surface area contributed by atoms with Gasteiger partial charge in [-0.1, -0.05) is 12.1 Å². The molecule has 0 fully saturated rings. The zero-order valence-corrected chi connectivity index (χ0v) is 13.8. The van der Waals surface area contributed by atoms with E-state index < -0.39 is 5.97 Å². The highest BCUT2D eigenvalue weighted by Gasteiger charge is 2.26. The summed E-state index contributed by atoms with van der Waals surface area (Å²) < 4.78 is 10.9. The van der Waals surface area contributed by atoms with Crippen molar-refractivity contribution in [2.75, 3.05) is 13.7 Å². The number of carbonyl (C=O) groups is 2. The van der Waals surface area contributed by atoms with Crippen LogP contribution in [0.1, 0.15) is 21.5 Å². The van der Waals surface area contributed by atoms with Gasteiger partial charge in [-0.2, -0.15) is 0 Å². The lowest BCUT2D eigenvalue weighted by Crippen LogP contribution is -2.37. The van der Waals surface area contributed by atoms with E-state index >= 15 is 0 Å². The summed E-state index contributed by atoms with van der Waals surface area (Å²) in [6.07, 6.45) is 0.594. The highest BCUT2D eigenvalue weighted by molar-refractivity contribution is 5.87. The lowest BCUT2D eigenvalue weighted by molar-refractivity contribution is -0.126. The average molecular weight is 341 g/mol. The van der Waals surface area contributed by atoms with Gasteiger partial charge in [-0.3, -0.25) is 4.79 Å². The van der Waals surface area contributed by atoms with Gasteiger partial charge in [-0.05, 0) is 47.9 Å². The van der Waals surface area contributed by atoms with E-state index in [2.05, 4.69) is 5.32 Å². The van der Waals surface area contributed by atoms with Crippen LogP contribution in [0.4, 0.5) is 0 Å². The van der Waals surface area contributed by atoms with E-state index in [9.17, 15) is 9.59 Å². The number of ether oxygens (including phenoxy) is 2. The highest BCUT2D eigenvalue weighted by atomic mass is 16.5. The van der Waals surface area contributed by atoms with E-state index in [0.717, 1.165) is 22.6 Å². The van der Waals surface area contributed by atoms with Crippen LogP contribution in [0, 0.1) is 5.92 Å². The van der Waals surface area contributed by atoms with Crippen LogP contribution in [0.3, 0.4) is 0 Å². The Bertz CT molecular complexity index is 785. The van der Waals surface area contributed by atoms with Gasteiger partial charge in [0.15, 0.2) is 0 Å². The van der Waals surface area contributed by atoms with Crippen molar-refractivity contribution in [3.63, 3.8) is 0 Å². The highest BCUT2D eigenvalue weighted by Crippen LogP contribution is 2.30. The molecular weight excluding hydrogens is 322 g/mol. The van der Waals surface area contributed by atoms with Gasteiger partial charge in [-0.25, -0.2) is 4.79 Å². The molecule has 1 aliphatic heterocycles. The van der Waals surface area contributed by atoms with E-state index in [1.165, 1.54) is 12.1 Å². The Kier molecular flexibility index (Phi) is 4.88. The summed E-state index contributed by atoms with van der Waals surface area (Å²) in [4.78, 5) is 23.2. The first kappa shape index (κ1) is 16.8. The first-order valence-corrected chi connectivity index (χ1v) is 7.96. The third-order valence-corrected chi connectivity index (χ3v) is 4.21. The third-order valence-electron chi connectivity index (χ3n) is 4.21. The molecule has 1 amide bonds. The Morgan fingerprint density at radius 3 is 2.68 bits per heavy atom. The second-order valence-electron chi connectivity index (χ2n) is 5.91. The number of hydrogen-bond donors (Lipinski definition) is 2. The van der Waals surface area contributed by atoms with Crippen molar-refractivity contribution < 1.29 is 24.2 Å². The van der Waals surface area contributed by atoms with Gasteiger partial charge in [0.25, 0.3) is 0 Å². The molecule has 0 aromatic heterocycles. The quantitative estimate of drug-likeness (QED) is 0.871. The van der Waals surface area contributed by atoms with Crippen molar-refractivity contribution in [3.8, 4) is 11.5 Å². The molecule has 1 atom stereocenters. The third kappa shape index (κ3) is 3.91. The second-order valence-corrected chi connectivity index (χ2v) is 5.91. The molecule has 0 radical (unpaired) electrons. The number of aromatic carboxylic acids is 1. The maximum Gasteiger partial charge on any atom is 0.335 e. The van der Waals surface area contributed by atoms with Gasteiger partial charge in [0, 0.05) is 6.54 Å². The number of methoxy groups -OCH3 is 1. The van der Waals surface area contributed by atoms with Crippen molar-refractivity contribution >= 4 is 11.9 Å². The average Bonchev–Trinajstić information content (AvgIpc) is 2.65. The zero-order valence-electron chi connectivity index (χ0n) is 13.8. The second kappa shape index (κ2) is 7.25. The van der Waals surface area contributed by atoms with Crippen LogP contribution >= 0.6 is 0 Å². The molecule has 0 saturated carbocycles. The molecule has 2 N–H and O–H groups in total. The van der Waals surface area contributed by atoms with E-state index in [4.69, 9.17) is 14.6 Å². The fraction of sp³-hybridized carbons (Fsp3) is 0.263. The van der Waals surface area contributed by atoms with Gasteiger partial charge in [-0.15, -0.1) is 0 Å². The monoisotopic (exact) mass is 341 g/mol. The molecule has 130 valence electrons. The lowest BCUT2D eigenvalue weighted by atomic mass is 9.95. The molecule has 6 heteroatoms. The van der Waals surface area contributed by atoms with Crippen molar-refractivity contribution in [2.24, 2.45) is 5.92 Å². The fourth-order valence-corrected chi connectivity index (χ4v) is 2.76. The predicted molar refractivity (Wildman–Crippen MR) is 90.9 cm³/mol. The van der Waals surface area contributed by atoms with Crippen LogP contribution in [0.25, 0.3) is 0 Å². The van der Waals surface area contributed by atoms with Crippen LogP contribution in [0.15, 0.2) is 42.5 Å². The molecule has 1 aliphatic rings. The van der Waals surface area contributed by atoms with Crippen LogP contribution in [-0.2, 0) is 17.8 Å². The molecule has 1 unspecified atom stereocenters. The molecule has 0 saturated heterocycles. The van der Waals surface area contributed by atoms with Gasteiger partial charge in [0.1, 0.15) is 18.1 Å². The van der Waals surface area contributed by atoms with Gasteiger partial charge in [0.05, 0.1) is 18.6 Å². The summed E-state index contributed by atoms with van der Waals surface area (Å²) in [5.74, 6) is 0.203. The minimum atomic E-state index is -0.968. The topological polar surface area (TPSA) is 84.9 Å². The van der Waals surface area contributed by atoms with Crippen molar-refractivity contribution in [3.05, 3.63) is 59.2 Å². The molecule has 6 nitrogen and oxygen atoms in total. The van der Waals surface area contributed by atoms with Gasteiger partial charge in [0.2, 0.25) is 5.91 Å². The fourth-order valence-electron chi connectivity index (χ4n) is 2.76. The zero-order chi connectivity index (χ0) is 17.8. The smallest absolute Gasteiger partial charge is 0.335 e. The Hall–Kier alpha value is -3.02. The normalized spacial score (nSPS) is 15.6. The molecule has 0 spiro atoms. The summed E-state index contributed by atoms with van der Waals surface area (Å²) >= 11 is 0. The van der Waals surface area contributed by atoms with Crippen molar-refractivity contribution in [1.82, 2.24) is 5.32 Å². The van der Waals surface area contributed by atoms with Crippen LogP contribution in [-0.4, -0.2) is 30.7 Å². The number of carbonyl (C=O) groups excluding carboxylic acids is 1. The Balaban J connectivity index is 1.59. The number of rotatable bonds is 5. The summed E-state index contributed by atoms with van der Waals surface area (Å²) in [5, 5.41) is 11.8. The maximum atomic E-state index is 12.4. The first-order chi connectivity index (χ1) is 12.1. The Labute approximate surface area is 145 Å². The summed E-state index contributed by atoms with van der Waals surface area (Å²) in [6.45, 7) is 0.684. The molecular formula is C19H19NO5. The Morgan fingerprint density at radius 2 is 2.00 bits per heavy atom. The largest absolute Gasteiger partial charge is 0.497 e. The predicted octanol–water partition coefficient (Wildman–Crippen LogP) is 2.26.